The first kappa shape index (κ1) is 13.1. The van der Waals surface area contributed by atoms with Gasteiger partial charge in [-0.3, -0.25) is 0 Å². The van der Waals surface area contributed by atoms with Crippen molar-refractivity contribution in [2.75, 3.05) is 0 Å². The van der Waals surface area contributed by atoms with Crippen LogP contribution in [0.15, 0.2) is 15.5 Å². The van der Waals surface area contributed by atoms with Gasteiger partial charge in [0.25, 0.3) is 0 Å². The Kier molecular flexibility index (Phi) is 3.41. The average Bonchev–Trinajstić information content (AvgIpc) is 2.76. The Morgan fingerprint density at radius 3 is 2.50 bits per heavy atom. The summed E-state index contributed by atoms with van der Waals surface area (Å²) in [7, 11) is 0. The summed E-state index contributed by atoms with van der Waals surface area (Å²) in [6, 6.07) is 1.06. The number of phenolic OH excluding ortho intramolecular Hbond substituents is 2. The highest BCUT2D eigenvalue weighted by Crippen LogP contribution is 2.51. The first-order chi connectivity index (χ1) is 8.52. The molecule has 1 saturated carbocycles. The molecule has 1 fully saturated rings. The number of hydrogen-bond donors (Lipinski definition) is 2. The summed E-state index contributed by atoms with van der Waals surface area (Å²) in [5, 5.41) is 19.4. The van der Waals surface area contributed by atoms with E-state index in [1.54, 1.807) is 0 Å². The molecule has 0 bridgehead atoms. The van der Waals surface area contributed by atoms with Crippen molar-refractivity contribution < 1.29 is 19.4 Å². The monoisotopic (exact) mass is 315 g/mol. The number of aromatic hydroxyl groups is 2. The van der Waals surface area contributed by atoms with Crippen LogP contribution in [0, 0.1) is 5.82 Å². The van der Waals surface area contributed by atoms with Gasteiger partial charge in [0.2, 0.25) is 6.08 Å². The van der Waals surface area contributed by atoms with Crippen molar-refractivity contribution in [2.45, 2.75) is 31.2 Å². The molecule has 0 saturated heterocycles. The van der Waals surface area contributed by atoms with Crippen LogP contribution >= 0.6 is 15.9 Å². The van der Waals surface area contributed by atoms with Crippen molar-refractivity contribution in [1.82, 2.24) is 0 Å². The number of nitrogens with zero attached hydrogens (tertiary/aromatic N) is 1. The lowest BCUT2D eigenvalue weighted by Gasteiger charge is -2.25. The van der Waals surface area contributed by atoms with Gasteiger partial charge in [-0.2, -0.15) is 4.99 Å². The molecule has 2 N–H and O–H groups in total. The maximum absolute atomic E-state index is 13.3. The molecule has 0 heterocycles. The summed E-state index contributed by atoms with van der Waals surface area (Å²) >= 11 is 3.15. The molecule has 0 aliphatic heterocycles. The summed E-state index contributed by atoms with van der Waals surface area (Å²) in [6.45, 7) is 0. The van der Waals surface area contributed by atoms with Gasteiger partial charge in [0.05, 0.1) is 0 Å². The standard InChI is InChI=1S/C12H11BrFNO3/c13-7-5-8(14)10(17)11(18)9(7)12(15-6-16)3-1-2-4-12/h5,17-18H,1-4H2. The smallest absolute Gasteiger partial charge is 0.235 e. The van der Waals surface area contributed by atoms with Gasteiger partial charge in [0.1, 0.15) is 5.54 Å². The molecule has 1 aromatic rings. The fraction of sp³-hybridized carbons (Fsp3) is 0.417. The highest BCUT2D eigenvalue weighted by molar-refractivity contribution is 9.10. The van der Waals surface area contributed by atoms with Crippen LogP contribution in [0.1, 0.15) is 31.2 Å². The predicted molar refractivity (Wildman–Crippen MR) is 65.7 cm³/mol. The lowest BCUT2D eigenvalue weighted by molar-refractivity contribution is 0.355. The lowest BCUT2D eigenvalue weighted by atomic mass is 9.88. The summed E-state index contributed by atoms with van der Waals surface area (Å²) in [5.41, 5.74) is -0.669. The van der Waals surface area contributed by atoms with Gasteiger partial charge < -0.3 is 10.2 Å². The minimum Gasteiger partial charge on any atom is -0.504 e. The number of aliphatic imine (C=N–C) groups is 1. The van der Waals surface area contributed by atoms with Crippen molar-refractivity contribution in [2.24, 2.45) is 4.99 Å². The van der Waals surface area contributed by atoms with Crippen molar-refractivity contribution in [1.29, 1.82) is 0 Å². The minimum atomic E-state index is -0.925. The Hall–Kier alpha value is -1.39. The van der Waals surface area contributed by atoms with Crippen molar-refractivity contribution in [3.05, 3.63) is 21.9 Å². The van der Waals surface area contributed by atoms with Crippen LogP contribution < -0.4 is 0 Å². The molecular formula is C12H11BrFNO3. The van der Waals surface area contributed by atoms with E-state index in [-0.39, 0.29) is 10.0 Å². The second-order valence-corrected chi connectivity index (χ2v) is 5.21. The first-order valence-corrected chi connectivity index (χ1v) is 6.30. The Bertz CT molecular complexity index is 535. The molecule has 2 rings (SSSR count). The molecule has 96 valence electrons. The third-order valence-corrected chi connectivity index (χ3v) is 3.96. The maximum atomic E-state index is 13.3. The van der Waals surface area contributed by atoms with Gasteiger partial charge in [0.15, 0.2) is 17.3 Å². The molecule has 0 radical (unpaired) electrons. The molecule has 0 aromatic heterocycles. The van der Waals surface area contributed by atoms with E-state index < -0.39 is 22.9 Å². The number of isocyanates is 1. The first-order valence-electron chi connectivity index (χ1n) is 5.51. The normalized spacial score (nSPS) is 17.4. The van der Waals surface area contributed by atoms with E-state index in [1.165, 1.54) is 6.08 Å². The van der Waals surface area contributed by atoms with Crippen LogP contribution in [-0.2, 0) is 10.3 Å². The number of carbonyl (C=O) groups excluding carboxylic acids is 1. The largest absolute Gasteiger partial charge is 0.504 e. The van der Waals surface area contributed by atoms with Crippen LogP contribution in [0.4, 0.5) is 4.39 Å². The molecule has 0 amide bonds. The molecule has 0 atom stereocenters. The Morgan fingerprint density at radius 2 is 1.94 bits per heavy atom. The Morgan fingerprint density at radius 1 is 1.33 bits per heavy atom. The lowest BCUT2D eigenvalue weighted by Crippen LogP contribution is -2.20. The second kappa shape index (κ2) is 4.71. The zero-order chi connectivity index (χ0) is 13.3. The highest BCUT2D eigenvalue weighted by atomic mass is 79.9. The van der Waals surface area contributed by atoms with Crippen molar-refractivity contribution >= 4 is 22.0 Å². The van der Waals surface area contributed by atoms with E-state index in [1.807, 2.05) is 0 Å². The Balaban J connectivity index is 2.69. The fourth-order valence-corrected chi connectivity index (χ4v) is 3.26. The van der Waals surface area contributed by atoms with Crippen LogP contribution in [-0.4, -0.2) is 16.3 Å². The van der Waals surface area contributed by atoms with Crippen molar-refractivity contribution in [3.8, 4) is 11.5 Å². The Labute approximate surface area is 111 Å². The number of rotatable bonds is 2. The van der Waals surface area contributed by atoms with Gasteiger partial charge >= 0.3 is 0 Å². The third-order valence-electron chi connectivity index (χ3n) is 3.34. The number of benzene rings is 1. The molecule has 0 spiro atoms. The van der Waals surface area contributed by atoms with Gasteiger partial charge in [-0.25, -0.2) is 9.18 Å². The quantitative estimate of drug-likeness (QED) is 0.500. The summed E-state index contributed by atoms with van der Waals surface area (Å²) in [6.07, 6.45) is 4.30. The molecule has 1 aromatic carbocycles. The highest BCUT2D eigenvalue weighted by Gasteiger charge is 2.40. The van der Waals surface area contributed by atoms with E-state index in [2.05, 4.69) is 20.9 Å². The average molecular weight is 316 g/mol. The summed E-state index contributed by atoms with van der Waals surface area (Å²) in [4.78, 5) is 14.4. The number of phenols is 2. The maximum Gasteiger partial charge on any atom is 0.235 e. The van der Waals surface area contributed by atoms with E-state index in [0.717, 1.165) is 18.9 Å². The van der Waals surface area contributed by atoms with E-state index in [0.29, 0.717) is 12.8 Å². The van der Waals surface area contributed by atoms with E-state index in [4.69, 9.17) is 0 Å². The predicted octanol–water partition coefficient (Wildman–Crippen LogP) is 3.10. The summed E-state index contributed by atoms with van der Waals surface area (Å²) in [5.74, 6) is -2.31. The molecule has 6 heteroatoms. The van der Waals surface area contributed by atoms with Gasteiger partial charge in [0, 0.05) is 10.0 Å². The molecule has 4 nitrogen and oxygen atoms in total. The van der Waals surface area contributed by atoms with Crippen LogP contribution in [0.3, 0.4) is 0 Å². The van der Waals surface area contributed by atoms with E-state index >= 15 is 0 Å². The van der Waals surface area contributed by atoms with Crippen molar-refractivity contribution in [3.63, 3.8) is 0 Å². The van der Waals surface area contributed by atoms with E-state index in [9.17, 15) is 19.4 Å². The zero-order valence-corrected chi connectivity index (χ0v) is 11.0. The molecular weight excluding hydrogens is 305 g/mol. The topological polar surface area (TPSA) is 69.9 Å². The van der Waals surface area contributed by atoms with Crippen LogP contribution in [0.2, 0.25) is 0 Å². The second-order valence-electron chi connectivity index (χ2n) is 4.35. The van der Waals surface area contributed by atoms with Gasteiger partial charge in [-0.15, -0.1) is 0 Å². The molecule has 1 aliphatic rings. The minimum absolute atomic E-state index is 0.252. The number of halogens is 2. The van der Waals surface area contributed by atoms with Crippen LogP contribution in [0.25, 0.3) is 0 Å². The van der Waals surface area contributed by atoms with Crippen LogP contribution in [0.5, 0.6) is 11.5 Å². The molecule has 1 aliphatic carbocycles. The molecule has 18 heavy (non-hydrogen) atoms. The van der Waals surface area contributed by atoms with Gasteiger partial charge in [-0.1, -0.05) is 28.8 Å². The summed E-state index contributed by atoms with van der Waals surface area (Å²) < 4.78 is 13.6. The third kappa shape index (κ3) is 1.91. The fourth-order valence-electron chi connectivity index (χ4n) is 2.50. The zero-order valence-electron chi connectivity index (χ0n) is 9.41. The number of hydrogen-bond acceptors (Lipinski definition) is 4. The van der Waals surface area contributed by atoms with Gasteiger partial charge in [-0.05, 0) is 18.9 Å². The SMILES string of the molecule is O=C=NC1(c2c(Br)cc(F)c(O)c2O)CCCC1. The molecule has 0 unspecified atom stereocenters.